The minimum Gasteiger partial charge on any atom is -0.376 e. The Hall–Kier alpha value is -2.21. The van der Waals surface area contributed by atoms with E-state index >= 15 is 0 Å². The molecule has 0 saturated carbocycles. The van der Waals surface area contributed by atoms with E-state index in [1.54, 1.807) is 12.1 Å². The van der Waals surface area contributed by atoms with Crippen LogP contribution in [-0.2, 0) is 11.0 Å². The fourth-order valence-corrected chi connectivity index (χ4v) is 2.17. The standard InChI is InChI=1S/C16H14ClF3N2O/c1-10-4-2-3-5-13(10)21-9-15(23)22-14-7-6-11(17)8-12(14)16(18,19)20/h2-8,21H,9H2,1H3,(H,22,23). The fourth-order valence-electron chi connectivity index (χ4n) is 2.00. The first-order valence-corrected chi connectivity index (χ1v) is 7.11. The molecule has 0 spiro atoms. The Balaban J connectivity index is 2.08. The van der Waals surface area contributed by atoms with Gasteiger partial charge in [0.05, 0.1) is 17.8 Å². The van der Waals surface area contributed by atoms with Gasteiger partial charge >= 0.3 is 6.18 Å². The molecule has 0 aliphatic carbocycles. The highest BCUT2D eigenvalue weighted by Crippen LogP contribution is 2.36. The molecule has 0 atom stereocenters. The highest BCUT2D eigenvalue weighted by molar-refractivity contribution is 6.30. The van der Waals surface area contributed by atoms with Crippen LogP contribution >= 0.6 is 11.6 Å². The van der Waals surface area contributed by atoms with Crippen molar-refractivity contribution in [3.63, 3.8) is 0 Å². The van der Waals surface area contributed by atoms with Gasteiger partial charge in [0.1, 0.15) is 0 Å². The van der Waals surface area contributed by atoms with Crippen molar-refractivity contribution in [1.82, 2.24) is 0 Å². The summed E-state index contributed by atoms with van der Waals surface area (Å²) in [7, 11) is 0. The molecule has 0 radical (unpaired) electrons. The van der Waals surface area contributed by atoms with Gasteiger partial charge in [0.25, 0.3) is 0 Å². The van der Waals surface area contributed by atoms with Crippen molar-refractivity contribution in [1.29, 1.82) is 0 Å². The molecule has 0 saturated heterocycles. The molecular formula is C16H14ClF3N2O. The second-order valence-electron chi connectivity index (χ2n) is 4.90. The third-order valence-corrected chi connectivity index (χ3v) is 3.38. The lowest BCUT2D eigenvalue weighted by Crippen LogP contribution is -2.23. The van der Waals surface area contributed by atoms with Gasteiger partial charge in [0.15, 0.2) is 0 Å². The number of nitrogens with one attached hydrogen (secondary N) is 2. The van der Waals surface area contributed by atoms with Gasteiger partial charge in [-0.3, -0.25) is 4.79 Å². The second kappa shape index (κ2) is 6.91. The third kappa shape index (κ3) is 4.63. The second-order valence-corrected chi connectivity index (χ2v) is 5.34. The summed E-state index contributed by atoms with van der Waals surface area (Å²) in [5.74, 6) is -0.582. The number of hydrogen-bond acceptors (Lipinski definition) is 2. The lowest BCUT2D eigenvalue weighted by molar-refractivity contribution is -0.137. The Morgan fingerprint density at radius 3 is 2.48 bits per heavy atom. The van der Waals surface area contributed by atoms with Crippen LogP contribution in [0.1, 0.15) is 11.1 Å². The Morgan fingerprint density at radius 2 is 1.83 bits per heavy atom. The summed E-state index contributed by atoms with van der Waals surface area (Å²) in [5.41, 5.74) is 0.380. The minimum absolute atomic E-state index is 0.0478. The molecule has 0 aliphatic rings. The van der Waals surface area contributed by atoms with Crippen molar-refractivity contribution in [3.05, 3.63) is 58.6 Å². The minimum atomic E-state index is -4.60. The van der Waals surface area contributed by atoms with Gasteiger partial charge in [0, 0.05) is 10.7 Å². The molecule has 2 N–H and O–H groups in total. The first kappa shape index (κ1) is 17.1. The number of aryl methyl sites for hydroxylation is 1. The molecule has 2 aromatic carbocycles. The number of carbonyl (C=O) groups is 1. The molecule has 23 heavy (non-hydrogen) atoms. The fraction of sp³-hybridized carbons (Fsp3) is 0.188. The molecule has 2 rings (SSSR count). The summed E-state index contributed by atoms with van der Waals surface area (Å²) in [6, 6.07) is 10.5. The van der Waals surface area contributed by atoms with Crippen LogP contribution < -0.4 is 10.6 Å². The number of amides is 1. The van der Waals surface area contributed by atoms with Crippen LogP contribution in [0.4, 0.5) is 24.5 Å². The van der Waals surface area contributed by atoms with E-state index in [0.29, 0.717) is 0 Å². The molecule has 0 fully saturated rings. The molecule has 0 aromatic heterocycles. The van der Waals surface area contributed by atoms with E-state index in [9.17, 15) is 18.0 Å². The van der Waals surface area contributed by atoms with E-state index in [0.717, 1.165) is 23.4 Å². The number of alkyl halides is 3. The highest BCUT2D eigenvalue weighted by Gasteiger charge is 2.34. The largest absolute Gasteiger partial charge is 0.418 e. The van der Waals surface area contributed by atoms with Crippen LogP contribution in [-0.4, -0.2) is 12.5 Å². The maximum Gasteiger partial charge on any atom is 0.418 e. The topological polar surface area (TPSA) is 41.1 Å². The summed E-state index contributed by atoms with van der Waals surface area (Å²) in [4.78, 5) is 11.9. The van der Waals surface area contributed by atoms with Crippen molar-refractivity contribution < 1.29 is 18.0 Å². The van der Waals surface area contributed by atoms with Crippen LogP contribution in [0.15, 0.2) is 42.5 Å². The molecule has 2 aromatic rings. The summed E-state index contributed by atoms with van der Waals surface area (Å²) in [6.45, 7) is 1.71. The monoisotopic (exact) mass is 342 g/mol. The first-order valence-electron chi connectivity index (χ1n) is 6.73. The zero-order chi connectivity index (χ0) is 17.0. The van der Waals surface area contributed by atoms with Crippen molar-refractivity contribution in [2.45, 2.75) is 13.1 Å². The van der Waals surface area contributed by atoms with E-state index in [1.165, 1.54) is 6.07 Å². The molecule has 3 nitrogen and oxygen atoms in total. The lowest BCUT2D eigenvalue weighted by Gasteiger charge is -2.15. The molecule has 1 amide bonds. The molecule has 0 aliphatic heterocycles. The van der Waals surface area contributed by atoms with Crippen molar-refractivity contribution in [2.75, 3.05) is 17.2 Å². The Morgan fingerprint density at radius 1 is 1.13 bits per heavy atom. The van der Waals surface area contributed by atoms with Crippen LogP contribution in [0.2, 0.25) is 5.02 Å². The van der Waals surface area contributed by atoms with Crippen molar-refractivity contribution in [2.24, 2.45) is 0 Å². The van der Waals surface area contributed by atoms with E-state index in [-0.39, 0.29) is 17.3 Å². The van der Waals surface area contributed by atoms with Crippen molar-refractivity contribution >= 4 is 28.9 Å². The van der Waals surface area contributed by atoms with Gasteiger partial charge in [-0.15, -0.1) is 0 Å². The van der Waals surface area contributed by atoms with Gasteiger partial charge in [-0.05, 0) is 36.8 Å². The lowest BCUT2D eigenvalue weighted by atomic mass is 10.1. The zero-order valence-corrected chi connectivity index (χ0v) is 12.9. The normalized spacial score (nSPS) is 11.2. The molecule has 7 heteroatoms. The first-order chi connectivity index (χ1) is 10.8. The van der Waals surface area contributed by atoms with E-state index < -0.39 is 17.6 Å². The number of para-hydroxylation sites is 1. The quantitative estimate of drug-likeness (QED) is 0.844. The number of benzene rings is 2. The SMILES string of the molecule is Cc1ccccc1NCC(=O)Nc1ccc(Cl)cc1C(F)(F)F. The zero-order valence-electron chi connectivity index (χ0n) is 12.2. The molecule has 122 valence electrons. The molecule has 0 unspecified atom stereocenters. The van der Waals surface area contributed by atoms with Crippen LogP contribution in [0.25, 0.3) is 0 Å². The maximum atomic E-state index is 13.0. The average Bonchev–Trinajstić information content (AvgIpc) is 2.47. The Labute approximate surface area is 136 Å². The Kier molecular flexibility index (Phi) is 5.15. The number of hydrogen-bond donors (Lipinski definition) is 2. The summed E-state index contributed by atoms with van der Waals surface area (Å²) in [5, 5.41) is 5.09. The third-order valence-electron chi connectivity index (χ3n) is 3.15. The van der Waals surface area contributed by atoms with E-state index in [1.807, 2.05) is 19.1 Å². The van der Waals surface area contributed by atoms with Crippen molar-refractivity contribution in [3.8, 4) is 0 Å². The van der Waals surface area contributed by atoms with Crippen LogP contribution in [0, 0.1) is 6.92 Å². The average molecular weight is 343 g/mol. The predicted octanol–water partition coefficient (Wildman–Crippen LogP) is 4.72. The number of carbonyl (C=O) groups excluding carboxylic acids is 1. The van der Waals surface area contributed by atoms with Gasteiger partial charge in [-0.2, -0.15) is 13.2 Å². The predicted molar refractivity (Wildman–Crippen MR) is 84.8 cm³/mol. The Bertz CT molecular complexity index is 717. The van der Waals surface area contributed by atoms with Gasteiger partial charge < -0.3 is 10.6 Å². The van der Waals surface area contributed by atoms with Gasteiger partial charge in [-0.25, -0.2) is 0 Å². The maximum absolute atomic E-state index is 13.0. The van der Waals surface area contributed by atoms with E-state index in [4.69, 9.17) is 11.6 Å². The molecular weight excluding hydrogens is 329 g/mol. The summed E-state index contributed by atoms with van der Waals surface area (Å²) in [6.07, 6.45) is -4.60. The van der Waals surface area contributed by atoms with Gasteiger partial charge in [0.2, 0.25) is 5.91 Å². The highest BCUT2D eigenvalue weighted by atomic mass is 35.5. The van der Waals surface area contributed by atoms with Crippen LogP contribution in [0.5, 0.6) is 0 Å². The summed E-state index contributed by atoms with van der Waals surface area (Å²) >= 11 is 5.59. The molecule has 0 bridgehead atoms. The van der Waals surface area contributed by atoms with Gasteiger partial charge in [-0.1, -0.05) is 29.8 Å². The molecule has 0 heterocycles. The number of rotatable bonds is 4. The number of anilines is 2. The smallest absolute Gasteiger partial charge is 0.376 e. The van der Waals surface area contributed by atoms with E-state index in [2.05, 4.69) is 10.6 Å². The summed E-state index contributed by atoms with van der Waals surface area (Å²) < 4.78 is 38.9. The van der Waals surface area contributed by atoms with Crippen LogP contribution in [0.3, 0.4) is 0 Å². The number of halogens is 4.